The van der Waals surface area contributed by atoms with Gasteiger partial charge in [-0.3, -0.25) is 4.79 Å². The number of nitrogens with zero attached hydrogens (tertiary/aromatic N) is 1. The first kappa shape index (κ1) is 15.4. The first-order valence-electron chi connectivity index (χ1n) is 5.22. The maximum absolute atomic E-state index is 13.4. The zero-order valence-corrected chi connectivity index (χ0v) is 11.2. The molecule has 100 valence electrons. The second kappa shape index (κ2) is 7.04. The molecule has 2 N–H and O–H groups in total. The third-order valence-electron chi connectivity index (χ3n) is 2.25. The largest absolute Gasteiger partial charge is 0.390 e. The maximum atomic E-state index is 13.4. The SMILES string of the molecule is CC(=O)SCCC(O)C(O)c1cc(Cl)ncc1F. The van der Waals surface area contributed by atoms with Gasteiger partial charge in [-0.1, -0.05) is 23.4 Å². The van der Waals surface area contributed by atoms with E-state index in [0.29, 0.717) is 5.75 Å². The van der Waals surface area contributed by atoms with E-state index in [4.69, 9.17) is 11.6 Å². The highest BCUT2D eigenvalue weighted by atomic mass is 35.5. The standard InChI is InChI=1S/C11H13ClFNO3S/c1-6(15)18-3-2-9(16)11(17)7-4-10(12)14-5-8(7)13/h4-5,9,11,16-17H,2-3H2,1H3. The zero-order valence-electron chi connectivity index (χ0n) is 9.64. The van der Waals surface area contributed by atoms with Gasteiger partial charge in [0.1, 0.15) is 17.1 Å². The molecule has 0 aliphatic heterocycles. The van der Waals surface area contributed by atoms with E-state index in [9.17, 15) is 19.4 Å². The van der Waals surface area contributed by atoms with Crippen molar-refractivity contribution in [3.05, 3.63) is 28.8 Å². The predicted octanol–water partition coefficient (Wildman–Crippen LogP) is 1.94. The van der Waals surface area contributed by atoms with Crippen molar-refractivity contribution in [3.8, 4) is 0 Å². The van der Waals surface area contributed by atoms with Gasteiger partial charge in [0.05, 0.1) is 12.3 Å². The first-order valence-corrected chi connectivity index (χ1v) is 6.58. The van der Waals surface area contributed by atoms with Gasteiger partial charge in [0, 0.05) is 18.2 Å². The van der Waals surface area contributed by atoms with Crippen LogP contribution in [0.2, 0.25) is 5.15 Å². The number of carbonyl (C=O) groups excluding carboxylic acids is 1. The Bertz CT molecular complexity index is 433. The van der Waals surface area contributed by atoms with Crippen molar-refractivity contribution >= 4 is 28.5 Å². The summed E-state index contributed by atoms with van der Waals surface area (Å²) in [5.41, 5.74) is -0.102. The molecule has 1 rings (SSSR count). The number of hydrogen-bond acceptors (Lipinski definition) is 5. The molecule has 0 amide bonds. The van der Waals surface area contributed by atoms with Crippen LogP contribution in [-0.4, -0.2) is 32.2 Å². The van der Waals surface area contributed by atoms with Crippen LogP contribution in [0, 0.1) is 5.82 Å². The smallest absolute Gasteiger partial charge is 0.185 e. The van der Waals surface area contributed by atoms with Gasteiger partial charge in [0.2, 0.25) is 0 Å². The highest BCUT2D eigenvalue weighted by Gasteiger charge is 2.22. The van der Waals surface area contributed by atoms with Gasteiger partial charge in [-0.15, -0.1) is 0 Å². The van der Waals surface area contributed by atoms with E-state index in [1.165, 1.54) is 13.0 Å². The average molecular weight is 294 g/mol. The summed E-state index contributed by atoms with van der Waals surface area (Å²) in [5.74, 6) is -0.376. The summed E-state index contributed by atoms with van der Waals surface area (Å²) >= 11 is 6.63. The second-order valence-corrected chi connectivity index (χ2v) is 5.33. The summed E-state index contributed by atoms with van der Waals surface area (Å²) in [4.78, 5) is 14.2. The number of pyridine rings is 1. The molecule has 4 nitrogen and oxygen atoms in total. The molecule has 2 atom stereocenters. The number of carbonyl (C=O) groups is 1. The summed E-state index contributed by atoms with van der Waals surface area (Å²) in [6.45, 7) is 1.41. The quantitative estimate of drug-likeness (QED) is 0.812. The lowest BCUT2D eigenvalue weighted by atomic mass is 10.0. The van der Waals surface area contributed by atoms with Crippen LogP contribution in [0.1, 0.15) is 25.0 Å². The summed E-state index contributed by atoms with van der Waals surface area (Å²) in [6.07, 6.45) is -1.49. The Morgan fingerprint density at radius 1 is 1.61 bits per heavy atom. The molecule has 7 heteroatoms. The van der Waals surface area contributed by atoms with Crippen LogP contribution in [0.25, 0.3) is 0 Å². The van der Waals surface area contributed by atoms with Crippen LogP contribution < -0.4 is 0 Å². The number of hydrogen-bond donors (Lipinski definition) is 2. The first-order chi connectivity index (χ1) is 8.41. The molecule has 2 unspecified atom stereocenters. The van der Waals surface area contributed by atoms with Gasteiger partial charge in [-0.25, -0.2) is 9.37 Å². The van der Waals surface area contributed by atoms with Gasteiger partial charge >= 0.3 is 0 Å². The number of thioether (sulfide) groups is 1. The molecule has 1 aromatic heterocycles. The lowest BCUT2D eigenvalue weighted by Crippen LogP contribution is -2.20. The minimum Gasteiger partial charge on any atom is -0.390 e. The number of halogens is 2. The molecule has 1 heterocycles. The maximum Gasteiger partial charge on any atom is 0.185 e. The second-order valence-electron chi connectivity index (χ2n) is 3.67. The minimum absolute atomic E-state index is 0.0377. The number of rotatable bonds is 5. The van der Waals surface area contributed by atoms with Crippen molar-refractivity contribution in [1.29, 1.82) is 0 Å². The summed E-state index contributed by atoms with van der Waals surface area (Å²) in [5, 5.41) is 19.4. The third kappa shape index (κ3) is 4.53. The van der Waals surface area contributed by atoms with Crippen molar-refractivity contribution in [3.63, 3.8) is 0 Å². The van der Waals surface area contributed by atoms with E-state index in [0.717, 1.165) is 18.0 Å². The fraction of sp³-hybridized carbons (Fsp3) is 0.455. The molecule has 0 saturated carbocycles. The van der Waals surface area contributed by atoms with Gasteiger partial charge in [-0.2, -0.15) is 0 Å². The number of aliphatic hydroxyl groups is 2. The molecular formula is C11H13ClFNO3S. The van der Waals surface area contributed by atoms with Gasteiger partial charge < -0.3 is 10.2 Å². The lowest BCUT2D eigenvalue weighted by molar-refractivity contribution is -0.109. The van der Waals surface area contributed by atoms with Crippen molar-refractivity contribution < 1.29 is 19.4 Å². The van der Waals surface area contributed by atoms with E-state index in [-0.39, 0.29) is 22.3 Å². The van der Waals surface area contributed by atoms with Crippen molar-refractivity contribution in [1.82, 2.24) is 4.98 Å². The number of aromatic nitrogens is 1. The van der Waals surface area contributed by atoms with E-state index in [2.05, 4.69) is 4.98 Å². The Balaban J connectivity index is 2.64. The predicted molar refractivity (Wildman–Crippen MR) is 67.9 cm³/mol. The fourth-order valence-electron chi connectivity index (χ4n) is 1.34. The Morgan fingerprint density at radius 2 is 2.28 bits per heavy atom. The molecule has 0 aromatic carbocycles. The Labute approximate surface area is 113 Å². The highest BCUT2D eigenvalue weighted by Crippen LogP contribution is 2.24. The van der Waals surface area contributed by atoms with Gasteiger partial charge in [0.15, 0.2) is 5.12 Å². The molecule has 0 bridgehead atoms. The molecule has 0 saturated heterocycles. The van der Waals surface area contributed by atoms with Gasteiger partial charge in [0.25, 0.3) is 0 Å². The zero-order chi connectivity index (χ0) is 13.7. The molecule has 0 radical (unpaired) electrons. The minimum atomic E-state index is -1.39. The summed E-state index contributed by atoms with van der Waals surface area (Å²) in [6, 6.07) is 1.17. The summed E-state index contributed by atoms with van der Waals surface area (Å²) < 4.78 is 13.4. The van der Waals surface area contributed by atoms with E-state index in [1.54, 1.807) is 0 Å². The number of aliphatic hydroxyl groups excluding tert-OH is 2. The van der Waals surface area contributed by atoms with Gasteiger partial charge in [-0.05, 0) is 12.5 Å². The van der Waals surface area contributed by atoms with Crippen LogP contribution in [0.3, 0.4) is 0 Å². The lowest BCUT2D eigenvalue weighted by Gasteiger charge is -2.18. The molecule has 18 heavy (non-hydrogen) atoms. The molecule has 1 aromatic rings. The molecule has 0 aliphatic carbocycles. The van der Waals surface area contributed by atoms with E-state index < -0.39 is 18.0 Å². The van der Waals surface area contributed by atoms with E-state index >= 15 is 0 Å². The Morgan fingerprint density at radius 3 is 2.89 bits per heavy atom. The monoisotopic (exact) mass is 293 g/mol. The van der Waals surface area contributed by atoms with Crippen molar-refractivity contribution in [2.24, 2.45) is 0 Å². The highest BCUT2D eigenvalue weighted by molar-refractivity contribution is 8.13. The van der Waals surface area contributed by atoms with Crippen molar-refractivity contribution in [2.45, 2.75) is 25.6 Å². The van der Waals surface area contributed by atoms with Crippen LogP contribution in [0.15, 0.2) is 12.3 Å². The molecular weight excluding hydrogens is 281 g/mol. The summed E-state index contributed by atoms with van der Waals surface area (Å²) in [7, 11) is 0. The van der Waals surface area contributed by atoms with Crippen LogP contribution in [-0.2, 0) is 4.79 Å². The third-order valence-corrected chi connectivity index (χ3v) is 3.31. The van der Waals surface area contributed by atoms with Crippen LogP contribution >= 0.6 is 23.4 Å². The van der Waals surface area contributed by atoms with Crippen LogP contribution in [0.4, 0.5) is 4.39 Å². The Kier molecular flexibility index (Phi) is 6.01. The normalized spacial score (nSPS) is 14.3. The topological polar surface area (TPSA) is 70.4 Å². The van der Waals surface area contributed by atoms with Crippen molar-refractivity contribution in [2.75, 3.05) is 5.75 Å². The average Bonchev–Trinajstić information content (AvgIpc) is 2.30. The Hall–Kier alpha value is -0.690. The van der Waals surface area contributed by atoms with Crippen LogP contribution in [0.5, 0.6) is 0 Å². The fourth-order valence-corrected chi connectivity index (χ4v) is 2.16. The molecule has 0 spiro atoms. The molecule has 0 aliphatic rings. The molecule has 0 fully saturated rings. The van der Waals surface area contributed by atoms with E-state index in [1.807, 2.05) is 0 Å².